The summed E-state index contributed by atoms with van der Waals surface area (Å²) >= 11 is 13.3. The van der Waals surface area contributed by atoms with Gasteiger partial charge >= 0.3 is 130 Å². The van der Waals surface area contributed by atoms with E-state index in [1.807, 2.05) is 36.4 Å². The molecule has 2 aromatic rings. The molecule has 96 valence electrons. The van der Waals surface area contributed by atoms with Gasteiger partial charge in [-0.25, -0.2) is 0 Å². The van der Waals surface area contributed by atoms with Gasteiger partial charge in [0.2, 0.25) is 0 Å². The zero-order valence-electron chi connectivity index (χ0n) is 10.2. The van der Waals surface area contributed by atoms with E-state index in [4.69, 9.17) is 23.2 Å². The van der Waals surface area contributed by atoms with Gasteiger partial charge in [0.05, 0.1) is 0 Å². The van der Waals surface area contributed by atoms with Crippen molar-refractivity contribution in [1.82, 2.24) is 0 Å². The average Bonchev–Trinajstić information content (AvgIpc) is 2.89. The molecule has 0 radical (unpaired) electrons. The van der Waals surface area contributed by atoms with E-state index in [1.54, 1.807) is 0 Å². The van der Waals surface area contributed by atoms with Gasteiger partial charge in [0, 0.05) is 0 Å². The Hall–Kier alpha value is -0.721. The fraction of sp³-hybridized carbons (Fsp3) is 0.125. The molecule has 0 bridgehead atoms. The second-order valence-corrected chi connectivity index (χ2v) is 7.29. The molecule has 0 nitrogen and oxygen atoms in total. The second kappa shape index (κ2) is 5.73. The van der Waals surface area contributed by atoms with Crippen LogP contribution in [-0.4, -0.2) is 15.0 Å². The molecule has 1 heterocycles. The van der Waals surface area contributed by atoms with E-state index in [2.05, 4.69) is 12.1 Å². The van der Waals surface area contributed by atoms with E-state index in [9.17, 15) is 0 Å². The number of hydrogen-bond donors (Lipinski definition) is 0. The van der Waals surface area contributed by atoms with Gasteiger partial charge in [0.15, 0.2) is 0 Å². The predicted molar refractivity (Wildman–Crippen MR) is 85.1 cm³/mol. The van der Waals surface area contributed by atoms with Gasteiger partial charge in [-0.05, 0) is 0 Å². The van der Waals surface area contributed by atoms with E-state index < -0.39 is 0 Å². The third-order valence-corrected chi connectivity index (χ3v) is 5.98. The van der Waals surface area contributed by atoms with Gasteiger partial charge in [-0.3, -0.25) is 0 Å². The molecule has 0 aromatic heterocycles. The van der Waals surface area contributed by atoms with E-state index in [1.165, 1.54) is 22.3 Å². The summed E-state index contributed by atoms with van der Waals surface area (Å²) in [5, 5.41) is 3.94. The second-order valence-electron chi connectivity index (χ2n) is 4.41. The summed E-state index contributed by atoms with van der Waals surface area (Å²) in [7, 11) is 0. The SMILES string of the molecule is Clc1ccccc1C1=C(c2ccccc2Cl)C[Se]C1. The van der Waals surface area contributed by atoms with Crippen LogP contribution < -0.4 is 0 Å². The van der Waals surface area contributed by atoms with Gasteiger partial charge in [-0.1, -0.05) is 0 Å². The predicted octanol–water partition coefficient (Wildman–Crippen LogP) is 5.46. The molecule has 1 aliphatic rings. The number of allylic oxidation sites excluding steroid dienone is 2. The standard InChI is InChI=1S/C16H12Cl2Se/c17-15-7-3-1-5-11(15)13-9-19-10-14(13)12-6-2-4-8-16(12)18/h1-8H,9-10H2. The topological polar surface area (TPSA) is 0 Å². The Bertz CT molecular complexity index is 591. The molecule has 0 atom stereocenters. The van der Waals surface area contributed by atoms with Crippen LogP contribution in [-0.2, 0) is 0 Å². The molecule has 19 heavy (non-hydrogen) atoms. The third kappa shape index (κ3) is 2.61. The van der Waals surface area contributed by atoms with Crippen molar-refractivity contribution in [2.45, 2.75) is 10.6 Å². The summed E-state index contributed by atoms with van der Waals surface area (Å²) in [6.07, 6.45) is 0. The molecule has 0 saturated heterocycles. The minimum absolute atomic E-state index is 0.614. The van der Waals surface area contributed by atoms with Crippen molar-refractivity contribution in [2.75, 3.05) is 0 Å². The molecule has 2 aromatic carbocycles. The molecule has 3 rings (SSSR count). The van der Waals surface area contributed by atoms with Crippen LogP contribution in [0.2, 0.25) is 20.7 Å². The summed E-state index contributed by atoms with van der Waals surface area (Å²) in [5.41, 5.74) is 5.08. The molecule has 1 aliphatic heterocycles. The summed E-state index contributed by atoms with van der Waals surface area (Å²) in [4.78, 5) is 0. The van der Waals surface area contributed by atoms with E-state index >= 15 is 0 Å². The maximum atomic E-state index is 6.34. The number of rotatable bonds is 2. The van der Waals surface area contributed by atoms with Crippen LogP contribution in [0.3, 0.4) is 0 Å². The van der Waals surface area contributed by atoms with E-state index in [-0.39, 0.29) is 0 Å². The third-order valence-electron chi connectivity index (χ3n) is 3.26. The Balaban J connectivity index is 2.16. The van der Waals surface area contributed by atoms with Crippen LogP contribution in [0.1, 0.15) is 11.1 Å². The summed E-state index contributed by atoms with van der Waals surface area (Å²) < 4.78 is 0. The van der Waals surface area contributed by atoms with Crippen molar-refractivity contribution in [2.24, 2.45) is 0 Å². The molecular weight excluding hydrogens is 342 g/mol. The molecular formula is C16H12Cl2Se. The maximum absolute atomic E-state index is 6.34. The molecule has 0 N–H and O–H groups in total. The summed E-state index contributed by atoms with van der Waals surface area (Å²) in [5.74, 6) is 0. The van der Waals surface area contributed by atoms with E-state index in [0.717, 1.165) is 20.7 Å². The minimum atomic E-state index is 0.614. The Labute approximate surface area is 129 Å². The zero-order chi connectivity index (χ0) is 13.2. The monoisotopic (exact) mass is 354 g/mol. The normalized spacial score (nSPS) is 15.1. The van der Waals surface area contributed by atoms with Gasteiger partial charge < -0.3 is 0 Å². The molecule has 3 heteroatoms. The van der Waals surface area contributed by atoms with Gasteiger partial charge in [0.25, 0.3) is 0 Å². The van der Waals surface area contributed by atoms with Crippen LogP contribution in [0.4, 0.5) is 0 Å². The van der Waals surface area contributed by atoms with Crippen molar-refractivity contribution < 1.29 is 0 Å². The molecule has 0 spiro atoms. The number of benzene rings is 2. The van der Waals surface area contributed by atoms with Crippen LogP contribution in [0, 0.1) is 0 Å². The molecule has 0 aliphatic carbocycles. The Kier molecular flexibility index (Phi) is 4.00. The Morgan fingerprint density at radius 2 is 1.11 bits per heavy atom. The van der Waals surface area contributed by atoms with Gasteiger partial charge in [0.1, 0.15) is 0 Å². The quantitative estimate of drug-likeness (QED) is 0.629. The van der Waals surface area contributed by atoms with Crippen LogP contribution in [0.25, 0.3) is 11.1 Å². The van der Waals surface area contributed by atoms with Gasteiger partial charge in [-0.15, -0.1) is 0 Å². The Morgan fingerprint density at radius 1 is 0.684 bits per heavy atom. The number of halogens is 2. The molecule has 0 saturated carbocycles. The molecule has 0 amide bonds. The van der Waals surface area contributed by atoms with Crippen molar-refractivity contribution in [1.29, 1.82) is 0 Å². The van der Waals surface area contributed by atoms with E-state index in [0.29, 0.717) is 15.0 Å². The number of hydrogen-bond acceptors (Lipinski definition) is 0. The Morgan fingerprint density at radius 3 is 1.53 bits per heavy atom. The molecule has 0 unspecified atom stereocenters. The van der Waals surface area contributed by atoms with Crippen molar-refractivity contribution in [3.8, 4) is 0 Å². The molecule has 0 fully saturated rings. The summed E-state index contributed by atoms with van der Waals surface area (Å²) in [6.45, 7) is 0. The van der Waals surface area contributed by atoms with Crippen molar-refractivity contribution in [3.63, 3.8) is 0 Å². The van der Waals surface area contributed by atoms with Crippen LogP contribution in [0.5, 0.6) is 0 Å². The average molecular weight is 354 g/mol. The fourth-order valence-corrected chi connectivity index (χ4v) is 5.28. The first-order valence-corrected chi connectivity index (χ1v) is 9.25. The summed E-state index contributed by atoms with van der Waals surface area (Å²) in [6, 6.07) is 16.2. The van der Waals surface area contributed by atoms with Gasteiger partial charge in [-0.2, -0.15) is 0 Å². The first kappa shape index (κ1) is 13.3. The fourth-order valence-electron chi connectivity index (χ4n) is 2.32. The first-order chi connectivity index (χ1) is 9.27. The first-order valence-electron chi connectivity index (χ1n) is 6.07. The van der Waals surface area contributed by atoms with Crippen LogP contribution in [0.15, 0.2) is 48.5 Å². The van der Waals surface area contributed by atoms with Crippen molar-refractivity contribution >= 4 is 49.3 Å². The zero-order valence-corrected chi connectivity index (χ0v) is 13.4. The van der Waals surface area contributed by atoms with Crippen molar-refractivity contribution in [3.05, 3.63) is 69.7 Å². The van der Waals surface area contributed by atoms with Crippen LogP contribution >= 0.6 is 23.2 Å².